The molecule has 0 saturated carbocycles. The van der Waals surface area contributed by atoms with Gasteiger partial charge in [0.05, 0.1) is 17.5 Å². The van der Waals surface area contributed by atoms with Crippen LogP contribution >= 0.6 is 11.3 Å². The number of ether oxygens (including phenoxy) is 2. The third-order valence-corrected chi connectivity index (χ3v) is 7.10. The molecule has 0 radical (unpaired) electrons. The van der Waals surface area contributed by atoms with Crippen LogP contribution in [0, 0.1) is 0 Å². The number of hydrogen-bond donors (Lipinski definition) is 1. The number of nitrogen functional groups attached to an aromatic ring is 1. The van der Waals surface area contributed by atoms with Gasteiger partial charge in [0, 0.05) is 31.1 Å². The number of thiophene rings is 1. The van der Waals surface area contributed by atoms with Gasteiger partial charge >= 0.3 is 0 Å². The van der Waals surface area contributed by atoms with Crippen LogP contribution in [0.15, 0.2) is 47.3 Å². The Morgan fingerprint density at radius 1 is 1.13 bits per heavy atom. The first-order valence-electron chi connectivity index (χ1n) is 10.7. The van der Waals surface area contributed by atoms with E-state index in [4.69, 9.17) is 15.2 Å². The number of anilines is 1. The first-order valence-corrected chi connectivity index (χ1v) is 11.5. The van der Waals surface area contributed by atoms with Crippen molar-refractivity contribution in [1.29, 1.82) is 0 Å². The zero-order valence-corrected chi connectivity index (χ0v) is 18.0. The Bertz CT molecular complexity index is 1150. The van der Waals surface area contributed by atoms with Crippen LogP contribution < -0.4 is 11.3 Å². The molecule has 2 atom stereocenters. The number of likely N-dealkylation sites (tertiary alicyclic amines) is 1. The first-order chi connectivity index (χ1) is 15.1. The molecule has 8 heteroatoms. The third kappa shape index (κ3) is 3.86. The lowest BCUT2D eigenvalue weighted by Gasteiger charge is -2.26. The van der Waals surface area contributed by atoms with Crippen LogP contribution in [0.2, 0.25) is 0 Å². The summed E-state index contributed by atoms with van der Waals surface area (Å²) in [6.07, 6.45) is 3.69. The summed E-state index contributed by atoms with van der Waals surface area (Å²) in [6.45, 7) is 1.88. The van der Waals surface area contributed by atoms with E-state index in [0.29, 0.717) is 28.5 Å². The molecule has 0 spiro atoms. The highest BCUT2D eigenvalue weighted by molar-refractivity contribution is 7.21. The van der Waals surface area contributed by atoms with Crippen LogP contribution in [0.4, 0.5) is 5.69 Å². The number of carbonyl (C=O) groups excluding carboxylic acids is 1. The molecule has 162 valence electrons. The summed E-state index contributed by atoms with van der Waals surface area (Å²) in [6, 6.07) is 12.6. The molecule has 4 heterocycles. The van der Waals surface area contributed by atoms with Crippen molar-refractivity contribution in [2.75, 3.05) is 25.4 Å². The molecule has 1 amide bonds. The highest BCUT2D eigenvalue weighted by Crippen LogP contribution is 2.35. The topological polar surface area (TPSA) is 86.8 Å². The second-order valence-corrected chi connectivity index (χ2v) is 9.00. The quantitative estimate of drug-likeness (QED) is 0.673. The maximum absolute atomic E-state index is 13.3. The van der Waals surface area contributed by atoms with Crippen molar-refractivity contribution in [1.82, 2.24) is 9.47 Å². The molecule has 2 aliphatic heterocycles. The highest BCUT2D eigenvalue weighted by atomic mass is 32.1. The Morgan fingerprint density at radius 3 is 2.74 bits per heavy atom. The van der Waals surface area contributed by atoms with Crippen molar-refractivity contribution in [3.8, 4) is 5.69 Å². The van der Waals surface area contributed by atoms with Crippen molar-refractivity contribution in [2.45, 2.75) is 38.1 Å². The molecule has 1 unspecified atom stereocenters. The maximum Gasteiger partial charge on any atom is 0.266 e. The van der Waals surface area contributed by atoms with Crippen LogP contribution in [-0.4, -0.2) is 47.5 Å². The van der Waals surface area contributed by atoms with Crippen molar-refractivity contribution >= 4 is 33.1 Å². The SMILES string of the molecule is Nc1c(C(=O)N2CCC(O[C@@H]3CCCCO3)C2)sc2c1ccc(=O)n2-c1ccccc1. The predicted molar refractivity (Wildman–Crippen MR) is 121 cm³/mol. The summed E-state index contributed by atoms with van der Waals surface area (Å²) < 4.78 is 13.3. The molecule has 2 fully saturated rings. The van der Waals surface area contributed by atoms with E-state index < -0.39 is 0 Å². The molecule has 2 N–H and O–H groups in total. The van der Waals surface area contributed by atoms with E-state index in [2.05, 4.69) is 0 Å². The normalized spacial score (nSPS) is 21.6. The van der Waals surface area contributed by atoms with Gasteiger partial charge in [-0.05, 0) is 43.9 Å². The van der Waals surface area contributed by atoms with Crippen LogP contribution in [-0.2, 0) is 9.47 Å². The minimum atomic E-state index is -0.163. The summed E-state index contributed by atoms with van der Waals surface area (Å²) in [5.74, 6) is -0.110. The van der Waals surface area contributed by atoms with Crippen molar-refractivity contribution in [3.05, 3.63) is 57.7 Å². The fourth-order valence-corrected chi connectivity index (χ4v) is 5.49. The number of aromatic nitrogens is 1. The average Bonchev–Trinajstić information content (AvgIpc) is 3.39. The number of rotatable bonds is 4. The third-order valence-electron chi connectivity index (χ3n) is 5.90. The van der Waals surface area contributed by atoms with Gasteiger partial charge in [-0.25, -0.2) is 0 Å². The molecular weight excluding hydrogens is 414 g/mol. The summed E-state index contributed by atoms with van der Waals surface area (Å²) in [5.41, 5.74) is 7.41. The van der Waals surface area contributed by atoms with Crippen LogP contribution in [0.5, 0.6) is 0 Å². The number of nitrogens with zero attached hydrogens (tertiary/aromatic N) is 2. The number of carbonyl (C=O) groups is 1. The monoisotopic (exact) mass is 439 g/mol. The Labute approximate surface area is 184 Å². The molecule has 7 nitrogen and oxygen atoms in total. The van der Waals surface area contributed by atoms with E-state index in [-0.39, 0.29) is 23.9 Å². The zero-order valence-electron chi connectivity index (χ0n) is 17.2. The maximum atomic E-state index is 13.3. The number of nitrogens with two attached hydrogens (primary N) is 1. The van der Waals surface area contributed by atoms with Gasteiger partial charge in [0.1, 0.15) is 9.71 Å². The minimum absolute atomic E-state index is 0.0230. The van der Waals surface area contributed by atoms with E-state index in [9.17, 15) is 9.59 Å². The standard InChI is InChI=1S/C23H25N3O4S/c24-20-17-9-10-18(27)26(15-6-2-1-3-7-15)23(17)31-21(20)22(28)25-12-11-16(14-25)30-19-8-4-5-13-29-19/h1-3,6-7,9-10,16,19H,4-5,8,11-14,24H2/t16?,19-/m1/s1. The Balaban J connectivity index is 1.41. The van der Waals surface area contributed by atoms with E-state index in [1.807, 2.05) is 30.3 Å². The van der Waals surface area contributed by atoms with Gasteiger partial charge in [-0.2, -0.15) is 0 Å². The largest absolute Gasteiger partial charge is 0.397 e. The fourth-order valence-electron chi connectivity index (χ4n) is 4.28. The van der Waals surface area contributed by atoms with Gasteiger partial charge in [0.15, 0.2) is 6.29 Å². The molecule has 2 aromatic heterocycles. The molecule has 0 bridgehead atoms. The second-order valence-electron chi connectivity index (χ2n) is 8.00. The van der Waals surface area contributed by atoms with E-state index in [1.165, 1.54) is 17.4 Å². The molecule has 5 rings (SSSR count). The number of benzene rings is 1. The molecule has 0 aliphatic carbocycles. The number of pyridine rings is 1. The molecule has 3 aromatic rings. The number of amides is 1. The van der Waals surface area contributed by atoms with Gasteiger partial charge in [0.25, 0.3) is 11.5 Å². The number of para-hydroxylation sites is 1. The smallest absolute Gasteiger partial charge is 0.266 e. The molecule has 31 heavy (non-hydrogen) atoms. The van der Waals surface area contributed by atoms with E-state index >= 15 is 0 Å². The van der Waals surface area contributed by atoms with Crippen molar-refractivity contribution < 1.29 is 14.3 Å². The lowest BCUT2D eigenvalue weighted by Crippen LogP contribution is -2.32. The predicted octanol–water partition coefficient (Wildman–Crippen LogP) is 3.39. The first kappa shape index (κ1) is 20.2. The Hall–Kier alpha value is -2.68. The Kier molecular flexibility index (Phi) is 5.52. The summed E-state index contributed by atoms with van der Waals surface area (Å²) in [7, 11) is 0. The molecule has 2 aliphatic rings. The second kappa shape index (κ2) is 8.45. The lowest BCUT2D eigenvalue weighted by molar-refractivity contribution is -0.184. The van der Waals surface area contributed by atoms with E-state index in [0.717, 1.165) is 43.4 Å². The molecule has 1 aromatic carbocycles. The van der Waals surface area contributed by atoms with Gasteiger partial charge in [0.2, 0.25) is 0 Å². The minimum Gasteiger partial charge on any atom is -0.397 e. The van der Waals surface area contributed by atoms with Gasteiger partial charge in [-0.3, -0.25) is 14.2 Å². The summed E-state index contributed by atoms with van der Waals surface area (Å²) >= 11 is 1.27. The van der Waals surface area contributed by atoms with Gasteiger partial charge < -0.3 is 20.1 Å². The van der Waals surface area contributed by atoms with Gasteiger partial charge in [-0.15, -0.1) is 11.3 Å². The van der Waals surface area contributed by atoms with Crippen LogP contribution in [0.3, 0.4) is 0 Å². The highest BCUT2D eigenvalue weighted by Gasteiger charge is 2.32. The van der Waals surface area contributed by atoms with Crippen molar-refractivity contribution in [2.24, 2.45) is 0 Å². The van der Waals surface area contributed by atoms with Crippen molar-refractivity contribution in [3.63, 3.8) is 0 Å². The zero-order chi connectivity index (χ0) is 21.4. The number of fused-ring (bicyclic) bond motifs is 1. The lowest BCUT2D eigenvalue weighted by atomic mass is 10.2. The summed E-state index contributed by atoms with van der Waals surface area (Å²) in [5, 5.41) is 0.722. The number of hydrogen-bond acceptors (Lipinski definition) is 6. The van der Waals surface area contributed by atoms with Gasteiger partial charge in [-0.1, -0.05) is 18.2 Å². The molecular formula is C23H25N3O4S. The Morgan fingerprint density at radius 2 is 1.97 bits per heavy atom. The molecule has 2 saturated heterocycles. The summed E-state index contributed by atoms with van der Waals surface area (Å²) in [4.78, 5) is 28.9. The van der Waals surface area contributed by atoms with Crippen LogP contribution in [0.1, 0.15) is 35.4 Å². The van der Waals surface area contributed by atoms with Crippen LogP contribution in [0.25, 0.3) is 15.9 Å². The van der Waals surface area contributed by atoms with E-state index in [1.54, 1.807) is 15.5 Å². The fraction of sp³-hybridized carbons (Fsp3) is 0.391. The average molecular weight is 440 g/mol.